The first kappa shape index (κ1) is 15.7. The zero-order valence-corrected chi connectivity index (χ0v) is 12.6. The Kier molecular flexibility index (Phi) is 9.27. The Morgan fingerprint density at radius 3 is 3.00 bits per heavy atom. The van der Waals surface area contributed by atoms with Gasteiger partial charge in [0.25, 0.3) is 0 Å². The third kappa shape index (κ3) is 6.58. The van der Waals surface area contributed by atoms with E-state index in [1.54, 1.807) is 18.9 Å². The van der Waals surface area contributed by atoms with Crippen LogP contribution in [0.5, 0.6) is 0 Å². The van der Waals surface area contributed by atoms with Gasteiger partial charge in [0, 0.05) is 26.0 Å². The third-order valence-electron chi connectivity index (χ3n) is 2.21. The zero-order valence-electron chi connectivity index (χ0n) is 11.0. The minimum Gasteiger partial charge on any atom is -0.383 e. The minimum absolute atomic E-state index is 0.728. The molecule has 1 aromatic heterocycles. The quantitative estimate of drug-likeness (QED) is 0.477. The van der Waals surface area contributed by atoms with Crippen LogP contribution in [0.4, 0.5) is 0 Å². The molecule has 1 rings (SSSR count). The van der Waals surface area contributed by atoms with Crippen molar-refractivity contribution in [2.75, 3.05) is 44.6 Å². The van der Waals surface area contributed by atoms with Gasteiger partial charge in [-0.2, -0.15) is 11.8 Å². The fraction of sp³-hybridized carbons (Fsp3) is 0.900. The summed E-state index contributed by atoms with van der Waals surface area (Å²) < 4.78 is 6.81. The topological polar surface area (TPSA) is 64.9 Å². The average Bonchev–Trinajstić information content (AvgIpc) is 2.82. The Morgan fingerprint density at radius 2 is 2.22 bits per heavy atom. The highest BCUT2D eigenvalue weighted by molar-refractivity contribution is 7.99. The normalized spacial score (nSPS) is 11.0. The number of nitrogens with one attached hydrogen (secondary N) is 1. The summed E-state index contributed by atoms with van der Waals surface area (Å²) in [5.74, 6) is 2.26. The van der Waals surface area contributed by atoms with Crippen molar-refractivity contribution in [1.82, 2.24) is 25.5 Å². The summed E-state index contributed by atoms with van der Waals surface area (Å²) in [5.41, 5.74) is 0. The second-order valence-corrected chi connectivity index (χ2v) is 5.67. The second-order valence-electron chi connectivity index (χ2n) is 3.62. The van der Waals surface area contributed by atoms with Gasteiger partial charge in [0.2, 0.25) is 5.16 Å². The SMILES string of the molecule is COCCNCCn1nnnc1SCCCSC. The molecule has 18 heavy (non-hydrogen) atoms. The van der Waals surface area contributed by atoms with Gasteiger partial charge in [0.15, 0.2) is 0 Å². The van der Waals surface area contributed by atoms with Gasteiger partial charge in [0.1, 0.15) is 0 Å². The van der Waals surface area contributed by atoms with Crippen molar-refractivity contribution in [2.24, 2.45) is 0 Å². The third-order valence-corrected chi connectivity index (χ3v) is 3.95. The van der Waals surface area contributed by atoms with Crippen molar-refractivity contribution in [2.45, 2.75) is 18.1 Å². The summed E-state index contributed by atoms with van der Waals surface area (Å²) in [4.78, 5) is 0. The standard InChI is InChI=1S/C10H21N5OS2/c1-16-7-5-11-4-6-15-10(12-13-14-15)18-9-3-8-17-2/h11H,3-9H2,1-2H3. The average molecular weight is 291 g/mol. The van der Waals surface area contributed by atoms with Gasteiger partial charge >= 0.3 is 0 Å². The molecule has 0 unspecified atom stereocenters. The Labute approximate surface area is 117 Å². The van der Waals surface area contributed by atoms with Gasteiger partial charge in [0.05, 0.1) is 13.2 Å². The second kappa shape index (κ2) is 10.6. The molecule has 0 atom stereocenters. The summed E-state index contributed by atoms with van der Waals surface area (Å²) in [7, 11) is 1.70. The van der Waals surface area contributed by atoms with Crippen LogP contribution in [0.2, 0.25) is 0 Å². The maximum atomic E-state index is 4.96. The van der Waals surface area contributed by atoms with Crippen molar-refractivity contribution < 1.29 is 4.74 Å². The van der Waals surface area contributed by atoms with Crippen LogP contribution < -0.4 is 5.32 Å². The summed E-state index contributed by atoms with van der Waals surface area (Å²) in [5, 5.41) is 15.9. The number of methoxy groups -OCH3 is 1. The van der Waals surface area contributed by atoms with E-state index in [9.17, 15) is 0 Å². The lowest BCUT2D eigenvalue weighted by Gasteiger charge is -2.05. The summed E-state index contributed by atoms with van der Waals surface area (Å²) in [6.45, 7) is 3.23. The van der Waals surface area contributed by atoms with Gasteiger partial charge in [-0.15, -0.1) is 5.10 Å². The highest BCUT2D eigenvalue weighted by Crippen LogP contribution is 2.15. The minimum atomic E-state index is 0.728. The van der Waals surface area contributed by atoms with E-state index < -0.39 is 0 Å². The van der Waals surface area contributed by atoms with E-state index in [0.717, 1.165) is 37.2 Å². The number of nitrogens with zero attached hydrogens (tertiary/aromatic N) is 4. The number of rotatable bonds is 11. The van der Waals surface area contributed by atoms with E-state index in [-0.39, 0.29) is 0 Å². The van der Waals surface area contributed by atoms with Crippen molar-refractivity contribution in [3.05, 3.63) is 0 Å². The molecule has 1 heterocycles. The lowest BCUT2D eigenvalue weighted by molar-refractivity contribution is 0.199. The Hall–Kier alpha value is -0.310. The van der Waals surface area contributed by atoms with Gasteiger partial charge < -0.3 is 10.1 Å². The lowest BCUT2D eigenvalue weighted by atomic mass is 10.6. The number of ether oxygens (including phenoxy) is 1. The highest BCUT2D eigenvalue weighted by Gasteiger charge is 2.05. The molecule has 0 spiro atoms. The molecular formula is C10H21N5OS2. The van der Waals surface area contributed by atoms with E-state index >= 15 is 0 Å². The molecule has 6 nitrogen and oxygen atoms in total. The Bertz CT molecular complexity index is 310. The molecule has 104 valence electrons. The number of hydrogen-bond donors (Lipinski definition) is 1. The zero-order chi connectivity index (χ0) is 13.1. The van der Waals surface area contributed by atoms with Gasteiger partial charge in [-0.25, -0.2) is 4.68 Å². The maximum absolute atomic E-state index is 4.96. The predicted molar refractivity (Wildman–Crippen MR) is 76.3 cm³/mol. The molecule has 8 heteroatoms. The lowest BCUT2D eigenvalue weighted by Crippen LogP contribution is -2.24. The van der Waals surface area contributed by atoms with Crippen LogP contribution in [0.1, 0.15) is 6.42 Å². The number of tetrazole rings is 1. The molecule has 0 bridgehead atoms. The summed E-state index contributed by atoms with van der Waals surface area (Å²) >= 11 is 3.59. The first-order valence-corrected chi connectivity index (χ1v) is 8.34. The van der Waals surface area contributed by atoms with E-state index in [1.807, 2.05) is 16.4 Å². The van der Waals surface area contributed by atoms with Crippen LogP contribution in [0.25, 0.3) is 0 Å². The van der Waals surface area contributed by atoms with Crippen LogP contribution in [0, 0.1) is 0 Å². The first-order chi connectivity index (χ1) is 8.88. The monoisotopic (exact) mass is 291 g/mol. The van der Waals surface area contributed by atoms with Gasteiger partial charge in [-0.05, 0) is 28.9 Å². The summed E-state index contributed by atoms with van der Waals surface area (Å²) in [6, 6.07) is 0. The van der Waals surface area contributed by atoms with E-state index in [1.165, 1.54) is 12.2 Å². The maximum Gasteiger partial charge on any atom is 0.209 e. The predicted octanol–water partition coefficient (Wildman–Crippen LogP) is 0.754. The highest BCUT2D eigenvalue weighted by atomic mass is 32.2. The van der Waals surface area contributed by atoms with E-state index in [0.29, 0.717) is 0 Å². The molecule has 0 radical (unpaired) electrons. The molecule has 0 aliphatic carbocycles. The van der Waals surface area contributed by atoms with Crippen LogP contribution in [-0.2, 0) is 11.3 Å². The fourth-order valence-corrected chi connectivity index (χ4v) is 2.75. The van der Waals surface area contributed by atoms with E-state index in [2.05, 4.69) is 27.1 Å². The summed E-state index contributed by atoms with van der Waals surface area (Å²) in [6.07, 6.45) is 3.31. The number of aromatic nitrogens is 4. The molecule has 0 aliphatic rings. The molecule has 0 saturated heterocycles. The molecule has 1 aromatic rings. The largest absolute Gasteiger partial charge is 0.383 e. The Balaban J connectivity index is 2.18. The van der Waals surface area contributed by atoms with Crippen molar-refractivity contribution >= 4 is 23.5 Å². The van der Waals surface area contributed by atoms with Crippen LogP contribution >= 0.6 is 23.5 Å². The van der Waals surface area contributed by atoms with Crippen LogP contribution in [-0.4, -0.2) is 64.8 Å². The van der Waals surface area contributed by atoms with Crippen LogP contribution in [0.3, 0.4) is 0 Å². The molecule has 0 amide bonds. The molecule has 0 fully saturated rings. The fourth-order valence-electron chi connectivity index (χ4n) is 1.29. The van der Waals surface area contributed by atoms with Gasteiger partial charge in [-0.1, -0.05) is 11.8 Å². The molecule has 0 saturated carbocycles. The molecule has 1 N–H and O–H groups in total. The number of thioether (sulfide) groups is 2. The smallest absolute Gasteiger partial charge is 0.209 e. The molecular weight excluding hydrogens is 270 g/mol. The van der Waals surface area contributed by atoms with Crippen molar-refractivity contribution in [3.63, 3.8) is 0 Å². The van der Waals surface area contributed by atoms with Crippen molar-refractivity contribution in [1.29, 1.82) is 0 Å². The number of hydrogen-bond acceptors (Lipinski definition) is 7. The van der Waals surface area contributed by atoms with Gasteiger partial charge in [-0.3, -0.25) is 0 Å². The van der Waals surface area contributed by atoms with Crippen LogP contribution in [0.15, 0.2) is 5.16 Å². The van der Waals surface area contributed by atoms with E-state index in [4.69, 9.17) is 4.74 Å². The molecule has 0 aromatic carbocycles. The van der Waals surface area contributed by atoms with Crippen molar-refractivity contribution in [3.8, 4) is 0 Å². The Morgan fingerprint density at radius 1 is 1.33 bits per heavy atom. The first-order valence-electron chi connectivity index (χ1n) is 5.96. The molecule has 0 aliphatic heterocycles.